The van der Waals surface area contributed by atoms with E-state index in [1.165, 1.54) is 37.7 Å². The number of aromatic nitrogens is 1. The van der Waals surface area contributed by atoms with Gasteiger partial charge in [-0.1, -0.05) is 19.3 Å². The molecule has 1 aromatic heterocycles. The molecular weight excluding hydrogens is 212 g/mol. The second kappa shape index (κ2) is 5.75. The third-order valence-corrected chi connectivity index (χ3v) is 3.28. The molecule has 0 unspecified atom stereocenters. The third kappa shape index (κ3) is 3.80. The van der Waals surface area contributed by atoms with E-state index in [0.29, 0.717) is 18.5 Å². The number of nitrogens with two attached hydrogens (primary N) is 1. The molecule has 0 radical (unpaired) electrons. The lowest BCUT2D eigenvalue weighted by molar-refractivity contribution is 0.412. The fourth-order valence-corrected chi connectivity index (χ4v) is 2.33. The van der Waals surface area contributed by atoms with Crippen LogP contribution in [0.3, 0.4) is 0 Å². The molecule has 4 heteroatoms. The Morgan fingerprint density at radius 2 is 2.24 bits per heavy atom. The maximum absolute atomic E-state index is 5.89. The van der Waals surface area contributed by atoms with Crippen molar-refractivity contribution in [2.75, 3.05) is 0 Å². The van der Waals surface area contributed by atoms with Gasteiger partial charge in [0.25, 0.3) is 0 Å². The van der Waals surface area contributed by atoms with E-state index in [2.05, 4.69) is 22.6 Å². The Morgan fingerprint density at radius 3 is 2.88 bits per heavy atom. The Balaban J connectivity index is 1.80. The van der Waals surface area contributed by atoms with Gasteiger partial charge in [0, 0.05) is 25.5 Å². The zero-order valence-electron chi connectivity index (χ0n) is 10.5. The highest BCUT2D eigenvalue weighted by Gasteiger charge is 2.13. The van der Waals surface area contributed by atoms with Crippen LogP contribution in [0.1, 0.15) is 37.7 Å². The highest BCUT2D eigenvalue weighted by Crippen LogP contribution is 2.17. The molecule has 1 aromatic rings. The van der Waals surface area contributed by atoms with Crippen LogP contribution in [0, 0.1) is 0 Å². The molecule has 1 saturated carbocycles. The minimum Gasteiger partial charge on any atom is -0.370 e. The van der Waals surface area contributed by atoms with Gasteiger partial charge in [0.05, 0.1) is 6.54 Å². The van der Waals surface area contributed by atoms with Crippen LogP contribution in [-0.4, -0.2) is 16.6 Å². The van der Waals surface area contributed by atoms with Crippen molar-refractivity contribution in [3.05, 3.63) is 24.0 Å². The summed E-state index contributed by atoms with van der Waals surface area (Å²) in [7, 11) is 2.01. The second-order valence-corrected chi connectivity index (χ2v) is 4.87. The van der Waals surface area contributed by atoms with Crippen molar-refractivity contribution in [2.24, 2.45) is 17.8 Å². The largest absolute Gasteiger partial charge is 0.370 e. The second-order valence-electron chi connectivity index (χ2n) is 4.87. The molecule has 0 amide bonds. The van der Waals surface area contributed by atoms with Crippen molar-refractivity contribution in [2.45, 2.75) is 44.7 Å². The number of guanidine groups is 1. The van der Waals surface area contributed by atoms with Gasteiger partial charge in [0.2, 0.25) is 0 Å². The molecule has 1 fully saturated rings. The Labute approximate surface area is 103 Å². The van der Waals surface area contributed by atoms with Crippen molar-refractivity contribution < 1.29 is 0 Å². The van der Waals surface area contributed by atoms with Gasteiger partial charge in [0.1, 0.15) is 0 Å². The van der Waals surface area contributed by atoms with Crippen LogP contribution in [0.4, 0.5) is 0 Å². The average Bonchev–Trinajstić information content (AvgIpc) is 2.74. The maximum atomic E-state index is 5.89. The molecule has 1 heterocycles. The van der Waals surface area contributed by atoms with E-state index in [1.54, 1.807) is 0 Å². The zero-order valence-corrected chi connectivity index (χ0v) is 10.5. The van der Waals surface area contributed by atoms with Crippen LogP contribution >= 0.6 is 0 Å². The van der Waals surface area contributed by atoms with Crippen molar-refractivity contribution in [3.63, 3.8) is 0 Å². The highest BCUT2D eigenvalue weighted by atomic mass is 15.1. The number of hydrogen-bond donors (Lipinski definition) is 2. The smallest absolute Gasteiger partial charge is 0.189 e. The summed E-state index contributed by atoms with van der Waals surface area (Å²) in [5, 5.41) is 3.32. The van der Waals surface area contributed by atoms with Gasteiger partial charge >= 0.3 is 0 Å². The number of aryl methyl sites for hydroxylation is 1. The number of rotatable bonds is 3. The summed E-state index contributed by atoms with van der Waals surface area (Å²) < 4.78 is 2.02. The first kappa shape index (κ1) is 12.0. The summed E-state index contributed by atoms with van der Waals surface area (Å²) in [5.41, 5.74) is 7.09. The fourth-order valence-electron chi connectivity index (χ4n) is 2.33. The van der Waals surface area contributed by atoms with Gasteiger partial charge in [0.15, 0.2) is 5.96 Å². The lowest BCUT2D eigenvalue weighted by Gasteiger charge is -2.23. The van der Waals surface area contributed by atoms with Gasteiger partial charge in [-0.15, -0.1) is 0 Å². The van der Waals surface area contributed by atoms with Gasteiger partial charge in [-0.25, -0.2) is 4.99 Å². The van der Waals surface area contributed by atoms with E-state index in [9.17, 15) is 0 Å². The lowest BCUT2D eigenvalue weighted by Crippen LogP contribution is -2.41. The van der Waals surface area contributed by atoms with E-state index >= 15 is 0 Å². The number of aliphatic imine (C=N–C) groups is 1. The predicted molar refractivity (Wildman–Crippen MR) is 70.7 cm³/mol. The number of hydrogen-bond acceptors (Lipinski definition) is 1. The first-order valence-electron chi connectivity index (χ1n) is 6.41. The molecule has 3 N–H and O–H groups in total. The van der Waals surface area contributed by atoms with Crippen LogP contribution < -0.4 is 11.1 Å². The van der Waals surface area contributed by atoms with Crippen molar-refractivity contribution >= 4 is 5.96 Å². The molecule has 0 atom stereocenters. The lowest BCUT2D eigenvalue weighted by atomic mass is 9.96. The van der Waals surface area contributed by atoms with Crippen molar-refractivity contribution in [1.82, 2.24) is 9.88 Å². The SMILES string of the molecule is Cn1ccc(CN=C(N)NC2CCCCC2)c1. The molecule has 0 bridgehead atoms. The number of nitrogens with one attached hydrogen (secondary N) is 1. The van der Waals surface area contributed by atoms with Crippen LogP contribution in [0.25, 0.3) is 0 Å². The van der Waals surface area contributed by atoms with E-state index in [-0.39, 0.29) is 0 Å². The molecule has 1 aliphatic carbocycles. The van der Waals surface area contributed by atoms with E-state index in [0.717, 1.165) is 0 Å². The first-order chi connectivity index (χ1) is 8.24. The molecule has 0 saturated heterocycles. The average molecular weight is 234 g/mol. The molecule has 94 valence electrons. The highest BCUT2D eigenvalue weighted by molar-refractivity contribution is 5.78. The normalized spacial score (nSPS) is 18.3. The van der Waals surface area contributed by atoms with E-state index < -0.39 is 0 Å². The molecular formula is C13H22N4. The summed E-state index contributed by atoms with van der Waals surface area (Å²) in [6, 6.07) is 2.60. The predicted octanol–water partition coefficient (Wildman–Crippen LogP) is 1.76. The van der Waals surface area contributed by atoms with Gasteiger partial charge < -0.3 is 15.6 Å². The van der Waals surface area contributed by atoms with Crippen LogP contribution in [0.2, 0.25) is 0 Å². The maximum Gasteiger partial charge on any atom is 0.189 e. The van der Waals surface area contributed by atoms with E-state index in [4.69, 9.17) is 5.73 Å². The summed E-state index contributed by atoms with van der Waals surface area (Å²) in [4.78, 5) is 4.37. The van der Waals surface area contributed by atoms with Crippen LogP contribution in [0.5, 0.6) is 0 Å². The summed E-state index contributed by atoms with van der Waals surface area (Å²) in [6.07, 6.45) is 10.5. The Hall–Kier alpha value is -1.45. The minimum absolute atomic E-state index is 0.531. The van der Waals surface area contributed by atoms with Gasteiger partial charge in [-0.05, 0) is 24.5 Å². The Morgan fingerprint density at radius 1 is 1.47 bits per heavy atom. The minimum atomic E-state index is 0.531. The molecule has 0 aromatic carbocycles. The van der Waals surface area contributed by atoms with Gasteiger partial charge in [-0.2, -0.15) is 0 Å². The van der Waals surface area contributed by atoms with Crippen LogP contribution in [0.15, 0.2) is 23.5 Å². The monoisotopic (exact) mass is 234 g/mol. The standard InChI is InChI=1S/C13H22N4/c1-17-8-7-11(10-17)9-15-13(14)16-12-5-3-2-4-6-12/h7-8,10,12H,2-6,9H2,1H3,(H3,14,15,16). The van der Waals surface area contributed by atoms with Gasteiger partial charge in [-0.3, -0.25) is 0 Å². The topological polar surface area (TPSA) is 55.3 Å². The van der Waals surface area contributed by atoms with E-state index in [1.807, 2.05) is 17.8 Å². The van der Waals surface area contributed by atoms with Crippen molar-refractivity contribution in [1.29, 1.82) is 0 Å². The van der Waals surface area contributed by atoms with Crippen LogP contribution in [-0.2, 0) is 13.6 Å². The molecule has 1 aliphatic rings. The molecule has 2 rings (SSSR count). The number of nitrogens with zero attached hydrogens (tertiary/aromatic N) is 2. The third-order valence-electron chi connectivity index (χ3n) is 3.28. The summed E-state index contributed by atoms with van der Waals surface area (Å²) in [5.74, 6) is 0.584. The summed E-state index contributed by atoms with van der Waals surface area (Å²) in [6.45, 7) is 0.659. The zero-order chi connectivity index (χ0) is 12.1. The molecule has 0 aliphatic heterocycles. The van der Waals surface area contributed by atoms with Crippen molar-refractivity contribution in [3.8, 4) is 0 Å². The summed E-state index contributed by atoms with van der Waals surface area (Å²) >= 11 is 0. The Kier molecular flexibility index (Phi) is 4.07. The Bertz CT molecular complexity index is 375. The fraction of sp³-hybridized carbons (Fsp3) is 0.615. The quantitative estimate of drug-likeness (QED) is 0.618. The molecule has 17 heavy (non-hydrogen) atoms. The molecule has 0 spiro atoms. The first-order valence-corrected chi connectivity index (χ1v) is 6.41. The molecule has 4 nitrogen and oxygen atoms in total.